The molecule has 0 atom stereocenters. The monoisotopic (exact) mass is 499 g/mol. The minimum atomic E-state index is -0.427. The third-order valence-electron chi connectivity index (χ3n) is 5.43. The van der Waals surface area contributed by atoms with Crippen LogP contribution in [0.4, 0.5) is 5.00 Å². The Hall–Kier alpha value is -3.37. The van der Waals surface area contributed by atoms with E-state index in [1.54, 1.807) is 21.1 Å². The van der Waals surface area contributed by atoms with Gasteiger partial charge in [-0.2, -0.15) is 0 Å². The Kier molecular flexibility index (Phi) is 6.90. The number of thiazole rings is 1. The molecule has 0 saturated carbocycles. The molecule has 0 aliphatic carbocycles. The van der Waals surface area contributed by atoms with E-state index < -0.39 is 5.97 Å². The highest BCUT2D eigenvalue weighted by molar-refractivity contribution is 7.17. The molecule has 8 nitrogen and oxygen atoms in total. The molecule has 0 radical (unpaired) electrons. The van der Waals surface area contributed by atoms with Crippen molar-refractivity contribution in [2.24, 2.45) is 0 Å². The molecule has 3 aromatic heterocycles. The number of amides is 1. The van der Waals surface area contributed by atoms with Crippen LogP contribution in [0.3, 0.4) is 0 Å². The van der Waals surface area contributed by atoms with Crippen LogP contribution < -0.4 is 14.8 Å². The smallest absolute Gasteiger partial charge is 0.341 e. The first-order chi connectivity index (χ1) is 16.4. The molecule has 0 fully saturated rings. The Morgan fingerprint density at radius 2 is 1.97 bits per heavy atom. The first kappa shape index (κ1) is 23.8. The van der Waals surface area contributed by atoms with E-state index in [0.29, 0.717) is 22.1 Å². The number of hydrogen-bond donors (Lipinski definition) is 1. The van der Waals surface area contributed by atoms with E-state index in [9.17, 15) is 9.59 Å². The van der Waals surface area contributed by atoms with E-state index in [4.69, 9.17) is 19.2 Å². The van der Waals surface area contributed by atoms with Gasteiger partial charge in [0, 0.05) is 27.7 Å². The standard InChI is InChI=1S/C24H25N3O5S2/c1-6-32-23(29)21-13(2)14(3)34-22(21)26-20(28)9-15-12-33-24-25-18(11-27(15)24)17-10-16(30-4)7-8-19(17)31-5/h7-8,10-12H,6,9H2,1-5H3,(H,26,28). The van der Waals surface area contributed by atoms with Crippen LogP contribution in [0, 0.1) is 13.8 Å². The normalized spacial score (nSPS) is 11.0. The number of carbonyl (C=O) groups is 2. The maximum atomic E-state index is 12.9. The summed E-state index contributed by atoms with van der Waals surface area (Å²) < 4.78 is 17.9. The Balaban J connectivity index is 1.59. The van der Waals surface area contributed by atoms with Gasteiger partial charge in [-0.1, -0.05) is 0 Å². The molecule has 0 aliphatic heterocycles. The number of nitrogens with one attached hydrogen (secondary N) is 1. The largest absolute Gasteiger partial charge is 0.497 e. The molecule has 1 aromatic carbocycles. The maximum Gasteiger partial charge on any atom is 0.341 e. The van der Waals surface area contributed by atoms with Crippen molar-refractivity contribution in [2.45, 2.75) is 27.2 Å². The van der Waals surface area contributed by atoms with Crippen LogP contribution in [-0.4, -0.2) is 42.1 Å². The van der Waals surface area contributed by atoms with Crippen molar-refractivity contribution < 1.29 is 23.8 Å². The Bertz CT molecular complexity index is 1370. The van der Waals surface area contributed by atoms with Crippen LogP contribution in [0.2, 0.25) is 0 Å². The van der Waals surface area contributed by atoms with E-state index in [2.05, 4.69) is 5.32 Å². The molecular weight excluding hydrogens is 474 g/mol. The van der Waals surface area contributed by atoms with Gasteiger partial charge in [-0.3, -0.25) is 9.20 Å². The number of imidazole rings is 1. The minimum Gasteiger partial charge on any atom is -0.497 e. The lowest BCUT2D eigenvalue weighted by Gasteiger charge is -2.08. The van der Waals surface area contributed by atoms with E-state index in [1.165, 1.54) is 22.7 Å². The van der Waals surface area contributed by atoms with Crippen molar-refractivity contribution in [1.82, 2.24) is 9.38 Å². The molecule has 4 aromatic rings. The third kappa shape index (κ3) is 4.51. The minimum absolute atomic E-state index is 0.128. The lowest BCUT2D eigenvalue weighted by molar-refractivity contribution is -0.115. The van der Waals surface area contributed by atoms with Gasteiger partial charge in [-0.25, -0.2) is 9.78 Å². The lowest BCUT2D eigenvalue weighted by atomic mass is 10.1. The highest BCUT2D eigenvalue weighted by atomic mass is 32.1. The van der Waals surface area contributed by atoms with Crippen molar-refractivity contribution >= 4 is 44.5 Å². The van der Waals surface area contributed by atoms with Crippen LogP contribution in [-0.2, 0) is 16.0 Å². The van der Waals surface area contributed by atoms with Crippen LogP contribution in [0.1, 0.15) is 33.4 Å². The molecule has 0 spiro atoms. The molecule has 0 unspecified atom stereocenters. The molecule has 4 rings (SSSR count). The molecule has 10 heteroatoms. The summed E-state index contributed by atoms with van der Waals surface area (Å²) in [6, 6.07) is 5.53. The first-order valence-electron chi connectivity index (χ1n) is 10.6. The van der Waals surface area contributed by atoms with E-state index in [0.717, 1.165) is 32.4 Å². The van der Waals surface area contributed by atoms with Crippen LogP contribution in [0.25, 0.3) is 16.2 Å². The molecule has 1 N–H and O–H groups in total. The highest BCUT2D eigenvalue weighted by Crippen LogP contribution is 2.35. The molecule has 0 bridgehead atoms. The number of anilines is 1. The van der Waals surface area contributed by atoms with Crippen molar-refractivity contribution in [3.63, 3.8) is 0 Å². The summed E-state index contributed by atoms with van der Waals surface area (Å²) in [5.74, 6) is 0.733. The summed E-state index contributed by atoms with van der Waals surface area (Å²) in [5, 5.41) is 5.32. The quantitative estimate of drug-likeness (QED) is 0.339. The highest BCUT2D eigenvalue weighted by Gasteiger charge is 2.23. The second-order valence-corrected chi connectivity index (χ2v) is 9.57. The summed E-state index contributed by atoms with van der Waals surface area (Å²) in [4.78, 5) is 31.8. The predicted octanol–water partition coefficient (Wildman–Crippen LogP) is 5.12. The Morgan fingerprint density at radius 3 is 2.68 bits per heavy atom. The van der Waals surface area contributed by atoms with Gasteiger partial charge in [-0.05, 0) is 44.5 Å². The van der Waals surface area contributed by atoms with Gasteiger partial charge < -0.3 is 19.5 Å². The predicted molar refractivity (Wildman–Crippen MR) is 134 cm³/mol. The van der Waals surface area contributed by atoms with E-state index in [-0.39, 0.29) is 18.9 Å². The van der Waals surface area contributed by atoms with Gasteiger partial charge in [0.05, 0.1) is 38.5 Å². The number of benzene rings is 1. The zero-order valence-electron chi connectivity index (χ0n) is 19.6. The average molecular weight is 500 g/mol. The third-order valence-corrected chi connectivity index (χ3v) is 7.44. The zero-order chi connectivity index (χ0) is 24.4. The molecule has 1 amide bonds. The summed E-state index contributed by atoms with van der Waals surface area (Å²) in [7, 11) is 3.22. The number of nitrogens with zero attached hydrogens (tertiary/aromatic N) is 2. The summed E-state index contributed by atoms with van der Waals surface area (Å²) in [6.45, 7) is 5.80. The molecule has 0 saturated heterocycles. The second-order valence-electron chi connectivity index (χ2n) is 7.50. The number of rotatable bonds is 8. The van der Waals surface area contributed by atoms with Gasteiger partial charge in [0.15, 0.2) is 4.96 Å². The summed E-state index contributed by atoms with van der Waals surface area (Å²) in [6.07, 6.45) is 2.01. The van der Waals surface area contributed by atoms with Crippen LogP contribution in [0.5, 0.6) is 11.5 Å². The molecule has 3 heterocycles. The van der Waals surface area contributed by atoms with Crippen molar-refractivity contribution in [3.8, 4) is 22.8 Å². The number of thiophene rings is 1. The topological polar surface area (TPSA) is 91.2 Å². The summed E-state index contributed by atoms with van der Waals surface area (Å²) >= 11 is 2.82. The number of methoxy groups -OCH3 is 2. The van der Waals surface area contributed by atoms with Crippen molar-refractivity contribution in [1.29, 1.82) is 0 Å². The Labute approximate surface area is 205 Å². The lowest BCUT2D eigenvalue weighted by Crippen LogP contribution is -2.17. The number of ether oxygens (including phenoxy) is 3. The van der Waals surface area contributed by atoms with Gasteiger partial charge in [-0.15, -0.1) is 22.7 Å². The molecule has 178 valence electrons. The van der Waals surface area contributed by atoms with Crippen molar-refractivity contribution in [2.75, 3.05) is 26.1 Å². The fraction of sp³-hybridized carbons (Fsp3) is 0.292. The van der Waals surface area contributed by atoms with Gasteiger partial charge >= 0.3 is 5.97 Å². The van der Waals surface area contributed by atoms with Crippen molar-refractivity contribution in [3.05, 3.63) is 51.5 Å². The maximum absolute atomic E-state index is 12.9. The SMILES string of the molecule is CCOC(=O)c1c(NC(=O)Cc2csc3nc(-c4cc(OC)ccc4OC)cn23)sc(C)c1C. The Morgan fingerprint density at radius 1 is 1.18 bits per heavy atom. The van der Waals surface area contributed by atoms with Crippen LogP contribution in [0.15, 0.2) is 29.8 Å². The summed E-state index contributed by atoms with van der Waals surface area (Å²) in [5.41, 5.74) is 3.56. The molecule has 34 heavy (non-hydrogen) atoms. The number of aromatic nitrogens is 2. The number of carbonyl (C=O) groups excluding carboxylic acids is 2. The van der Waals surface area contributed by atoms with E-state index >= 15 is 0 Å². The van der Waals surface area contributed by atoms with E-state index in [1.807, 2.05) is 48.0 Å². The van der Waals surface area contributed by atoms with Gasteiger partial charge in [0.25, 0.3) is 0 Å². The molecular formula is C24H25N3O5S2. The molecule has 0 aliphatic rings. The van der Waals surface area contributed by atoms with Crippen LogP contribution >= 0.6 is 22.7 Å². The number of fused-ring (bicyclic) bond motifs is 1. The fourth-order valence-electron chi connectivity index (χ4n) is 3.60. The first-order valence-corrected chi connectivity index (χ1v) is 12.3. The number of esters is 1. The zero-order valence-corrected chi connectivity index (χ0v) is 21.2. The second kappa shape index (κ2) is 9.86. The van der Waals surface area contributed by atoms with Gasteiger partial charge in [0.2, 0.25) is 5.91 Å². The van der Waals surface area contributed by atoms with Gasteiger partial charge in [0.1, 0.15) is 16.5 Å². The number of aryl methyl sites for hydroxylation is 1. The average Bonchev–Trinajstić information content (AvgIpc) is 3.48. The number of hydrogen-bond acceptors (Lipinski definition) is 8. The fourth-order valence-corrected chi connectivity index (χ4v) is 5.54.